The van der Waals surface area contributed by atoms with Gasteiger partial charge in [-0.3, -0.25) is 0 Å². The van der Waals surface area contributed by atoms with E-state index in [1.807, 2.05) is 13.8 Å². The van der Waals surface area contributed by atoms with Crippen molar-refractivity contribution in [2.45, 2.75) is 47.5 Å². The number of hydrogen-bond donors (Lipinski definition) is 0. The third-order valence-electron chi connectivity index (χ3n) is 2.44. The summed E-state index contributed by atoms with van der Waals surface area (Å²) < 4.78 is 0. The van der Waals surface area contributed by atoms with Gasteiger partial charge in [0, 0.05) is 0 Å². The Morgan fingerprint density at radius 3 is 1.53 bits per heavy atom. The van der Waals surface area contributed by atoms with Gasteiger partial charge in [0.05, 0.1) is 0 Å². The van der Waals surface area contributed by atoms with E-state index in [0.29, 0.717) is 0 Å². The summed E-state index contributed by atoms with van der Waals surface area (Å²) in [7, 11) is 0. The molecular weight excluding hydrogens is 204 g/mol. The smallest absolute Gasteiger partial charge is 0.0285 e. The maximum absolute atomic E-state index is 2.20. The van der Waals surface area contributed by atoms with Crippen molar-refractivity contribution in [1.29, 1.82) is 0 Å². The Hall–Kier alpha value is -1.30. The van der Waals surface area contributed by atoms with Crippen molar-refractivity contribution in [3.05, 3.63) is 59.2 Å². The van der Waals surface area contributed by atoms with Gasteiger partial charge in [-0.2, -0.15) is 0 Å². The molecule has 94 valence electrons. The summed E-state index contributed by atoms with van der Waals surface area (Å²) in [5, 5.41) is 0. The summed E-state index contributed by atoms with van der Waals surface area (Å²) in [4.78, 5) is 0. The highest BCUT2D eigenvalue weighted by Crippen LogP contribution is 2.08. The van der Waals surface area contributed by atoms with Crippen LogP contribution in [0.25, 0.3) is 0 Å². The summed E-state index contributed by atoms with van der Waals surface area (Å²) in [6.07, 6.45) is 8.99. The van der Waals surface area contributed by atoms with Crippen LogP contribution < -0.4 is 0 Å². The van der Waals surface area contributed by atoms with Crippen LogP contribution in [0, 0.1) is 13.8 Å². The van der Waals surface area contributed by atoms with Crippen molar-refractivity contribution in [3.8, 4) is 0 Å². The van der Waals surface area contributed by atoms with Crippen molar-refractivity contribution in [2.75, 3.05) is 0 Å². The fourth-order valence-electron chi connectivity index (χ4n) is 1.36. The lowest BCUT2D eigenvalue weighted by molar-refractivity contribution is 0.962. The van der Waals surface area contributed by atoms with Crippen LogP contribution in [-0.2, 0) is 0 Å². The summed E-state index contributed by atoms with van der Waals surface area (Å²) >= 11 is 0. The molecule has 0 saturated heterocycles. The zero-order valence-electron chi connectivity index (χ0n) is 12.0. The molecule has 0 fully saturated rings. The Kier molecular flexibility index (Phi) is 9.14. The molecule has 0 amide bonds. The van der Waals surface area contributed by atoms with Gasteiger partial charge in [0.25, 0.3) is 0 Å². The largest absolute Gasteiger partial charge is 0.0842 e. The average molecular weight is 230 g/mol. The molecular formula is C17H26. The highest BCUT2D eigenvalue weighted by atomic mass is 13.9. The molecule has 0 aromatic heterocycles. The Labute approximate surface area is 107 Å². The van der Waals surface area contributed by atoms with E-state index in [0.717, 1.165) is 0 Å². The molecule has 1 aliphatic carbocycles. The summed E-state index contributed by atoms with van der Waals surface area (Å²) in [6, 6.07) is 8.48. The van der Waals surface area contributed by atoms with Gasteiger partial charge in [-0.05, 0) is 33.6 Å². The van der Waals surface area contributed by atoms with E-state index in [-0.39, 0.29) is 0 Å². The summed E-state index contributed by atoms with van der Waals surface area (Å²) in [5.74, 6) is 0. The second-order valence-corrected chi connectivity index (χ2v) is 4.13. The standard InChI is InChI=1S/C8H10.C7H10.C2H6/c1-7-3-5-8(2)6-4-7;1-7-5-3-2-4-6-7;1-2/h3-6H,1-2H3;2-3,5H,4,6H2,1H3;1-2H3. The Balaban J connectivity index is 0.000000265. The maximum atomic E-state index is 2.20. The third kappa shape index (κ3) is 8.50. The molecule has 0 unspecified atom stereocenters. The van der Waals surface area contributed by atoms with Crippen LogP contribution in [0.4, 0.5) is 0 Å². The first-order valence-corrected chi connectivity index (χ1v) is 6.54. The van der Waals surface area contributed by atoms with Crippen LogP contribution in [0.1, 0.15) is 44.7 Å². The fourth-order valence-corrected chi connectivity index (χ4v) is 1.36. The highest BCUT2D eigenvalue weighted by Gasteiger charge is 1.88. The van der Waals surface area contributed by atoms with Crippen molar-refractivity contribution < 1.29 is 0 Å². The van der Waals surface area contributed by atoms with Gasteiger partial charge < -0.3 is 0 Å². The van der Waals surface area contributed by atoms with Gasteiger partial charge >= 0.3 is 0 Å². The number of aryl methyl sites for hydroxylation is 2. The van der Waals surface area contributed by atoms with Gasteiger partial charge in [0.1, 0.15) is 0 Å². The molecule has 0 heterocycles. The lowest BCUT2D eigenvalue weighted by Gasteiger charge is -1.98. The van der Waals surface area contributed by atoms with Crippen LogP contribution in [0.3, 0.4) is 0 Å². The molecule has 17 heavy (non-hydrogen) atoms. The molecule has 0 N–H and O–H groups in total. The maximum Gasteiger partial charge on any atom is -0.0285 e. The predicted molar refractivity (Wildman–Crippen MR) is 79.4 cm³/mol. The molecule has 0 nitrogen and oxygen atoms in total. The van der Waals surface area contributed by atoms with Gasteiger partial charge in [-0.25, -0.2) is 0 Å². The second kappa shape index (κ2) is 9.89. The molecule has 0 spiro atoms. The lowest BCUT2D eigenvalue weighted by Crippen LogP contribution is -1.78. The number of hydrogen-bond acceptors (Lipinski definition) is 0. The van der Waals surface area contributed by atoms with E-state index in [9.17, 15) is 0 Å². The molecule has 1 aliphatic rings. The molecule has 1 aromatic carbocycles. The molecule has 0 radical (unpaired) electrons. The summed E-state index contributed by atoms with van der Waals surface area (Å²) in [6.45, 7) is 10.4. The van der Waals surface area contributed by atoms with Crippen molar-refractivity contribution in [1.82, 2.24) is 0 Å². The molecule has 0 aliphatic heterocycles. The van der Waals surface area contributed by atoms with Crippen LogP contribution in [0.15, 0.2) is 48.1 Å². The van der Waals surface area contributed by atoms with E-state index >= 15 is 0 Å². The zero-order valence-corrected chi connectivity index (χ0v) is 12.0. The van der Waals surface area contributed by atoms with Crippen LogP contribution in [-0.4, -0.2) is 0 Å². The molecule has 0 heteroatoms. The first-order valence-electron chi connectivity index (χ1n) is 6.54. The quantitative estimate of drug-likeness (QED) is 0.543. The highest BCUT2D eigenvalue weighted by molar-refractivity contribution is 5.19. The van der Waals surface area contributed by atoms with E-state index in [1.54, 1.807) is 0 Å². The van der Waals surface area contributed by atoms with E-state index in [2.05, 4.69) is 63.3 Å². The van der Waals surface area contributed by atoms with Gasteiger partial charge in [-0.15, -0.1) is 0 Å². The molecule has 0 atom stereocenters. The fraction of sp³-hybridized carbons (Fsp3) is 0.412. The SMILES string of the molecule is CC.CC1=CC=CCC1.Cc1ccc(C)cc1. The van der Waals surface area contributed by atoms with E-state index in [1.165, 1.54) is 29.5 Å². The van der Waals surface area contributed by atoms with Crippen LogP contribution >= 0.6 is 0 Å². The zero-order chi connectivity index (χ0) is 13.1. The van der Waals surface area contributed by atoms with E-state index in [4.69, 9.17) is 0 Å². The monoisotopic (exact) mass is 230 g/mol. The van der Waals surface area contributed by atoms with Gasteiger partial charge in [-0.1, -0.05) is 73.0 Å². The number of benzene rings is 1. The normalized spacial score (nSPS) is 12.6. The predicted octanol–water partition coefficient (Wildman–Crippen LogP) is 5.61. The molecule has 1 aromatic rings. The Morgan fingerprint density at radius 2 is 1.29 bits per heavy atom. The number of rotatable bonds is 0. The lowest BCUT2D eigenvalue weighted by atomic mass is 10.1. The van der Waals surface area contributed by atoms with E-state index < -0.39 is 0 Å². The first kappa shape index (κ1) is 15.7. The summed E-state index contributed by atoms with van der Waals surface area (Å²) in [5.41, 5.74) is 4.16. The third-order valence-corrected chi connectivity index (χ3v) is 2.44. The molecule has 0 bridgehead atoms. The first-order chi connectivity index (χ1) is 8.18. The minimum absolute atomic E-state index is 1.24. The van der Waals surface area contributed by atoms with Crippen molar-refractivity contribution >= 4 is 0 Å². The average Bonchev–Trinajstić information content (AvgIpc) is 2.37. The van der Waals surface area contributed by atoms with Crippen molar-refractivity contribution in [2.24, 2.45) is 0 Å². The second-order valence-electron chi connectivity index (χ2n) is 4.13. The molecule has 2 rings (SSSR count). The molecule has 0 saturated carbocycles. The van der Waals surface area contributed by atoms with Crippen LogP contribution in [0.5, 0.6) is 0 Å². The Morgan fingerprint density at radius 1 is 0.824 bits per heavy atom. The van der Waals surface area contributed by atoms with Gasteiger partial charge in [0.2, 0.25) is 0 Å². The minimum Gasteiger partial charge on any atom is -0.0842 e. The van der Waals surface area contributed by atoms with Crippen LogP contribution in [0.2, 0.25) is 0 Å². The number of allylic oxidation sites excluding steroid dienone is 4. The van der Waals surface area contributed by atoms with Gasteiger partial charge in [0.15, 0.2) is 0 Å². The van der Waals surface area contributed by atoms with Crippen molar-refractivity contribution in [3.63, 3.8) is 0 Å². The minimum atomic E-state index is 1.24. The topological polar surface area (TPSA) is 0 Å². The Bertz CT molecular complexity index is 318.